The molecule has 0 N–H and O–H groups in total. The van der Waals surface area contributed by atoms with Crippen molar-refractivity contribution < 1.29 is 18.0 Å². The Morgan fingerprint density at radius 2 is 1.60 bits per heavy atom. The summed E-state index contributed by atoms with van der Waals surface area (Å²) in [4.78, 5) is 12.1. The number of hydrogen-bond acceptors (Lipinski definition) is 1. The van der Waals surface area contributed by atoms with Crippen LogP contribution in [0.1, 0.15) is 34.8 Å². The van der Waals surface area contributed by atoms with Gasteiger partial charge in [-0.05, 0) is 24.1 Å². The molecule has 0 heterocycles. The first-order chi connectivity index (χ1) is 9.54. The third-order valence-corrected chi connectivity index (χ3v) is 3.03. The van der Waals surface area contributed by atoms with Crippen LogP contribution in [0, 0.1) is 17.5 Å². The molecule has 0 radical (unpaired) electrons. The van der Waals surface area contributed by atoms with E-state index >= 15 is 0 Å². The summed E-state index contributed by atoms with van der Waals surface area (Å²) in [5.74, 6) is -5.05. The van der Waals surface area contributed by atoms with Crippen LogP contribution in [-0.4, -0.2) is 5.78 Å². The van der Waals surface area contributed by atoms with Gasteiger partial charge < -0.3 is 0 Å². The fourth-order valence-corrected chi connectivity index (χ4v) is 1.97. The lowest BCUT2D eigenvalue weighted by atomic mass is 10.0. The van der Waals surface area contributed by atoms with Gasteiger partial charge in [0.05, 0.1) is 5.56 Å². The lowest BCUT2D eigenvalue weighted by molar-refractivity contribution is 0.103. The highest BCUT2D eigenvalue weighted by atomic mass is 19.2. The molecule has 0 amide bonds. The summed E-state index contributed by atoms with van der Waals surface area (Å²) < 4.78 is 39.5. The Labute approximate surface area is 115 Å². The van der Waals surface area contributed by atoms with Gasteiger partial charge in [0.25, 0.3) is 0 Å². The van der Waals surface area contributed by atoms with E-state index in [2.05, 4.69) is 0 Å². The van der Waals surface area contributed by atoms with Crippen LogP contribution in [0.2, 0.25) is 0 Å². The highest BCUT2D eigenvalue weighted by Crippen LogP contribution is 2.19. The number of ketones is 1. The summed E-state index contributed by atoms with van der Waals surface area (Å²) in [5, 5.41) is 0. The first-order valence-electron chi connectivity index (χ1n) is 6.31. The maximum absolute atomic E-state index is 13.6. The molecule has 4 heteroatoms. The molecule has 0 saturated heterocycles. The van der Waals surface area contributed by atoms with Gasteiger partial charge in [0.15, 0.2) is 23.2 Å². The fraction of sp³-hybridized carbons (Fsp3) is 0.188. The summed E-state index contributed by atoms with van der Waals surface area (Å²) in [6.07, 6.45) is 1.86. The van der Waals surface area contributed by atoms with Gasteiger partial charge in [0.1, 0.15) is 0 Å². The minimum Gasteiger partial charge on any atom is -0.288 e. The Hall–Kier alpha value is -2.10. The van der Waals surface area contributed by atoms with Crippen LogP contribution in [0.15, 0.2) is 36.4 Å². The molecule has 0 aliphatic carbocycles. The average Bonchev–Trinajstić information content (AvgIpc) is 2.45. The molecular formula is C16H13F3O. The second-order valence-corrected chi connectivity index (χ2v) is 4.50. The second-order valence-electron chi connectivity index (χ2n) is 4.50. The first kappa shape index (κ1) is 14.3. The van der Waals surface area contributed by atoms with E-state index in [9.17, 15) is 18.0 Å². The van der Waals surface area contributed by atoms with E-state index < -0.39 is 28.8 Å². The van der Waals surface area contributed by atoms with Crippen molar-refractivity contribution in [3.63, 3.8) is 0 Å². The predicted octanol–water partition coefficient (Wildman–Crippen LogP) is 4.29. The molecule has 0 aliphatic heterocycles. The Balaban J connectivity index is 2.34. The van der Waals surface area contributed by atoms with Crippen LogP contribution >= 0.6 is 0 Å². The lowest BCUT2D eigenvalue weighted by Crippen LogP contribution is -2.07. The van der Waals surface area contributed by atoms with Crippen LogP contribution in [0.4, 0.5) is 13.2 Å². The standard InChI is InChI=1S/C16H13F3O/c1-2-3-10-4-6-11(7-5-10)16(20)12-8-9-13(17)15(19)14(12)18/h4-9H,2-3H2,1H3. The van der Waals surface area contributed by atoms with Gasteiger partial charge >= 0.3 is 0 Å². The predicted molar refractivity (Wildman–Crippen MR) is 70.2 cm³/mol. The molecule has 2 aromatic rings. The zero-order valence-electron chi connectivity index (χ0n) is 10.9. The number of rotatable bonds is 4. The molecule has 0 fully saturated rings. The van der Waals surface area contributed by atoms with E-state index in [1.54, 1.807) is 24.3 Å². The van der Waals surface area contributed by atoms with Crippen LogP contribution in [0.3, 0.4) is 0 Å². The van der Waals surface area contributed by atoms with Gasteiger partial charge in [-0.1, -0.05) is 37.6 Å². The Kier molecular flexibility index (Phi) is 4.23. The van der Waals surface area contributed by atoms with Crippen molar-refractivity contribution >= 4 is 5.78 Å². The fourth-order valence-electron chi connectivity index (χ4n) is 1.97. The van der Waals surface area contributed by atoms with Crippen molar-refractivity contribution in [2.45, 2.75) is 19.8 Å². The average molecular weight is 278 g/mol. The normalized spacial score (nSPS) is 10.6. The van der Waals surface area contributed by atoms with Crippen molar-refractivity contribution in [3.05, 3.63) is 70.5 Å². The molecule has 0 spiro atoms. The van der Waals surface area contributed by atoms with Crippen LogP contribution in [0.5, 0.6) is 0 Å². The van der Waals surface area contributed by atoms with Gasteiger partial charge in [0.2, 0.25) is 0 Å². The van der Waals surface area contributed by atoms with E-state index in [1.165, 1.54) is 0 Å². The van der Waals surface area contributed by atoms with Gasteiger partial charge in [-0.2, -0.15) is 0 Å². The number of benzene rings is 2. The summed E-state index contributed by atoms with van der Waals surface area (Å²) in [7, 11) is 0. The van der Waals surface area contributed by atoms with Crippen LogP contribution in [0.25, 0.3) is 0 Å². The molecule has 2 rings (SSSR count). The van der Waals surface area contributed by atoms with Crippen LogP contribution < -0.4 is 0 Å². The maximum Gasteiger partial charge on any atom is 0.196 e. The van der Waals surface area contributed by atoms with E-state index in [0.29, 0.717) is 0 Å². The summed E-state index contributed by atoms with van der Waals surface area (Å²) in [6.45, 7) is 2.04. The van der Waals surface area contributed by atoms with Gasteiger partial charge in [-0.3, -0.25) is 4.79 Å². The number of halogens is 3. The SMILES string of the molecule is CCCc1ccc(C(=O)c2ccc(F)c(F)c2F)cc1. The van der Waals surface area contributed by atoms with Gasteiger partial charge in [-0.25, -0.2) is 13.2 Å². The van der Waals surface area contributed by atoms with E-state index in [4.69, 9.17) is 0 Å². The minimum atomic E-state index is -1.63. The molecule has 0 bridgehead atoms. The summed E-state index contributed by atoms with van der Waals surface area (Å²) >= 11 is 0. The van der Waals surface area contributed by atoms with Crippen molar-refractivity contribution in [2.24, 2.45) is 0 Å². The molecule has 0 atom stereocenters. The van der Waals surface area contributed by atoms with Gasteiger partial charge in [0, 0.05) is 5.56 Å². The number of aryl methyl sites for hydroxylation is 1. The molecule has 20 heavy (non-hydrogen) atoms. The molecular weight excluding hydrogens is 265 g/mol. The Morgan fingerprint density at radius 1 is 0.950 bits per heavy atom. The van der Waals surface area contributed by atoms with Gasteiger partial charge in [-0.15, -0.1) is 0 Å². The third-order valence-electron chi connectivity index (χ3n) is 3.03. The monoisotopic (exact) mass is 278 g/mol. The maximum atomic E-state index is 13.6. The molecule has 0 aliphatic rings. The lowest BCUT2D eigenvalue weighted by Gasteiger charge is -2.05. The minimum absolute atomic E-state index is 0.245. The molecule has 0 aromatic heterocycles. The number of hydrogen-bond donors (Lipinski definition) is 0. The summed E-state index contributed by atoms with van der Waals surface area (Å²) in [5.41, 5.74) is 0.844. The highest BCUT2D eigenvalue weighted by Gasteiger charge is 2.19. The third kappa shape index (κ3) is 2.74. The zero-order chi connectivity index (χ0) is 14.7. The van der Waals surface area contributed by atoms with E-state index in [-0.39, 0.29) is 5.56 Å². The van der Waals surface area contributed by atoms with E-state index in [1.807, 2.05) is 6.92 Å². The first-order valence-corrected chi connectivity index (χ1v) is 6.31. The number of carbonyl (C=O) groups is 1. The Morgan fingerprint density at radius 3 is 2.20 bits per heavy atom. The van der Waals surface area contributed by atoms with Crippen LogP contribution in [-0.2, 0) is 6.42 Å². The second kappa shape index (κ2) is 5.90. The largest absolute Gasteiger partial charge is 0.288 e. The summed E-state index contributed by atoms with van der Waals surface area (Å²) in [6, 6.07) is 8.37. The highest BCUT2D eigenvalue weighted by molar-refractivity contribution is 6.09. The van der Waals surface area contributed by atoms with Crippen molar-refractivity contribution in [3.8, 4) is 0 Å². The molecule has 2 aromatic carbocycles. The molecule has 0 unspecified atom stereocenters. The Bertz CT molecular complexity index is 633. The number of carbonyl (C=O) groups excluding carboxylic acids is 1. The molecule has 0 saturated carbocycles. The quantitative estimate of drug-likeness (QED) is 0.602. The zero-order valence-corrected chi connectivity index (χ0v) is 10.9. The van der Waals surface area contributed by atoms with Crippen molar-refractivity contribution in [1.29, 1.82) is 0 Å². The molecule has 1 nitrogen and oxygen atoms in total. The van der Waals surface area contributed by atoms with Crippen molar-refractivity contribution in [1.82, 2.24) is 0 Å². The topological polar surface area (TPSA) is 17.1 Å². The smallest absolute Gasteiger partial charge is 0.196 e. The molecule has 104 valence electrons. The van der Waals surface area contributed by atoms with Crippen molar-refractivity contribution in [2.75, 3.05) is 0 Å². The van der Waals surface area contributed by atoms with E-state index in [0.717, 1.165) is 30.5 Å².